The van der Waals surface area contributed by atoms with Crippen LogP contribution in [0.3, 0.4) is 0 Å². The average molecular weight is 1290 g/mol. The number of hydrogen-bond donors (Lipinski definition) is 0. The molecular formula is C67H63Cl3N12O3S3. The molecule has 448 valence electrons. The van der Waals surface area contributed by atoms with Gasteiger partial charge in [0.1, 0.15) is 68.0 Å². The van der Waals surface area contributed by atoms with Gasteiger partial charge in [-0.25, -0.2) is 0 Å². The second-order valence-corrected chi connectivity index (χ2v) is 27.4. The number of hydrogen-bond acceptors (Lipinski definition) is 15. The van der Waals surface area contributed by atoms with Gasteiger partial charge in [-0.1, -0.05) is 101 Å². The zero-order chi connectivity index (χ0) is 62.6. The monoisotopic (exact) mass is 1280 g/mol. The molecule has 4 aromatic carbocycles. The Bertz CT molecular complexity index is 4290. The summed E-state index contributed by atoms with van der Waals surface area (Å²) < 4.78 is 6.19. The number of aliphatic imine (C=N–C) groups is 3. The molecule has 3 atom stereocenters. The third kappa shape index (κ3) is 12.3. The van der Waals surface area contributed by atoms with Crippen LogP contribution in [0, 0.1) is 69.2 Å². The van der Waals surface area contributed by atoms with Gasteiger partial charge in [0.15, 0.2) is 17.5 Å². The molecule has 10 aromatic rings. The Hall–Kier alpha value is -7.71. The van der Waals surface area contributed by atoms with Crippen LogP contribution in [0.5, 0.6) is 0 Å². The van der Waals surface area contributed by atoms with Crippen molar-refractivity contribution in [2.24, 2.45) is 15.0 Å². The molecule has 0 amide bonds. The molecule has 0 N–H and O–H groups in total. The van der Waals surface area contributed by atoms with Gasteiger partial charge >= 0.3 is 0 Å². The average Bonchev–Trinajstić information content (AvgIpc) is 1.71. The summed E-state index contributed by atoms with van der Waals surface area (Å²) in [5, 5.41) is 31.3. The van der Waals surface area contributed by atoms with Gasteiger partial charge in [0.25, 0.3) is 0 Å². The number of aryl methyl sites for hydroxylation is 7. The van der Waals surface area contributed by atoms with E-state index in [9.17, 15) is 14.4 Å². The Morgan fingerprint density at radius 1 is 0.409 bits per heavy atom. The van der Waals surface area contributed by atoms with Gasteiger partial charge in [-0.05, 0) is 142 Å². The van der Waals surface area contributed by atoms with Crippen LogP contribution in [0.15, 0.2) is 112 Å². The van der Waals surface area contributed by atoms with Crippen molar-refractivity contribution in [1.29, 1.82) is 0 Å². The molecule has 21 heteroatoms. The van der Waals surface area contributed by atoms with E-state index in [2.05, 4.69) is 85.8 Å². The molecule has 0 saturated carbocycles. The van der Waals surface area contributed by atoms with Gasteiger partial charge in [-0.2, -0.15) is 0 Å². The fourth-order valence-corrected chi connectivity index (χ4v) is 15.2. The van der Waals surface area contributed by atoms with Gasteiger partial charge in [-0.3, -0.25) is 43.1 Å². The molecule has 9 heterocycles. The van der Waals surface area contributed by atoms with Crippen LogP contribution >= 0.6 is 68.8 Å². The van der Waals surface area contributed by atoms with Crippen LogP contribution in [0.25, 0.3) is 15.0 Å². The second-order valence-electron chi connectivity index (χ2n) is 22.4. The predicted octanol–water partition coefficient (Wildman–Crippen LogP) is 15.9. The van der Waals surface area contributed by atoms with E-state index in [1.165, 1.54) is 36.9 Å². The Morgan fingerprint density at radius 3 is 1.00 bits per heavy atom. The van der Waals surface area contributed by atoms with Crippen LogP contribution in [0.4, 0.5) is 0 Å². The molecule has 0 bridgehead atoms. The number of benzene rings is 4. The van der Waals surface area contributed by atoms with Gasteiger partial charge in [0.05, 0.1) is 17.1 Å². The Balaban J connectivity index is 0.000000138. The second kappa shape index (κ2) is 25.4. The zero-order valence-electron chi connectivity index (χ0n) is 50.7. The lowest BCUT2D eigenvalue weighted by Crippen LogP contribution is -2.13. The quantitative estimate of drug-likeness (QED) is 0.122. The summed E-state index contributed by atoms with van der Waals surface area (Å²) in [4.78, 5) is 55.9. The first kappa shape index (κ1) is 61.9. The number of fused-ring (bicyclic) bond motifs is 9. The summed E-state index contributed by atoms with van der Waals surface area (Å²) in [6.07, 6.45) is 1.22. The van der Waals surface area contributed by atoms with Crippen LogP contribution in [-0.2, 0) is 20.8 Å². The smallest absolute Gasteiger partial charge is 0.163 e. The number of thiophene rings is 3. The van der Waals surface area contributed by atoms with Crippen molar-refractivity contribution in [2.45, 2.75) is 127 Å². The number of halogens is 3. The van der Waals surface area contributed by atoms with Gasteiger partial charge < -0.3 is 0 Å². The lowest BCUT2D eigenvalue weighted by Gasteiger charge is -2.12. The summed E-state index contributed by atoms with van der Waals surface area (Å²) in [7, 11) is 0. The highest BCUT2D eigenvalue weighted by Crippen LogP contribution is 2.43. The van der Waals surface area contributed by atoms with E-state index in [0.717, 1.165) is 88.6 Å². The molecule has 0 fully saturated rings. The minimum Gasteiger partial charge on any atom is -0.300 e. The maximum absolute atomic E-state index is 13.2. The van der Waals surface area contributed by atoms with E-state index in [-0.39, 0.29) is 35.9 Å². The summed E-state index contributed by atoms with van der Waals surface area (Å²) in [5.41, 5.74) is 14.5. The van der Waals surface area contributed by atoms with Crippen molar-refractivity contribution in [3.8, 4) is 15.0 Å². The number of aromatic nitrogens is 9. The highest BCUT2D eigenvalue weighted by Gasteiger charge is 2.36. The predicted molar refractivity (Wildman–Crippen MR) is 355 cm³/mol. The Labute approximate surface area is 538 Å². The fourth-order valence-electron chi connectivity index (χ4n) is 11.2. The number of nitrogens with zero attached hydrogens (tertiary/aromatic N) is 12. The molecule has 0 saturated heterocycles. The first-order chi connectivity index (χ1) is 42.0. The SMILES string of the molecule is CC(=O)C[C@@H]1N=C(c2ccc(Cl)cc2)c2c(sc(C)c2C)-n2c(C)nnc21.CC(=O)C[C@H]1N=C(c2ccc(Cl)cc2)c2c(sc(C)c2C)-n2c(C)nnc21.Cc1ccc(CC(=O)C[C@@H]2N=C(c3ccc(Cl)cc3)c3c(sc(C)c3C)-n3c(C)nnc32)cc1. The normalized spacial score (nSPS) is 15.4. The molecule has 3 aliphatic rings. The number of Topliss-reactive ketones (excluding diaryl/α,β-unsaturated/α-hetero) is 3. The van der Waals surface area contributed by atoms with Gasteiger partial charge in [0.2, 0.25) is 0 Å². The molecule has 0 unspecified atom stereocenters. The van der Waals surface area contributed by atoms with Gasteiger partial charge in [-0.15, -0.1) is 64.6 Å². The van der Waals surface area contributed by atoms with Crippen LogP contribution in [-0.4, -0.2) is 78.8 Å². The molecule has 0 spiro atoms. The van der Waals surface area contributed by atoms with Crippen molar-refractivity contribution in [1.82, 2.24) is 44.3 Å². The van der Waals surface area contributed by atoms with Crippen LogP contribution < -0.4 is 0 Å². The van der Waals surface area contributed by atoms with Crippen molar-refractivity contribution in [3.63, 3.8) is 0 Å². The fraction of sp³-hybridized carbons (Fsp3) is 0.284. The zero-order valence-corrected chi connectivity index (χ0v) is 55.5. The van der Waals surface area contributed by atoms with Crippen molar-refractivity contribution in [3.05, 3.63) is 223 Å². The number of carbonyl (C=O) groups is 3. The summed E-state index contributed by atoms with van der Waals surface area (Å²) in [5.74, 6) is 4.81. The van der Waals surface area contributed by atoms with E-state index in [1.807, 2.05) is 125 Å². The third-order valence-corrected chi connectivity index (χ3v) is 20.3. The van der Waals surface area contributed by atoms with Crippen molar-refractivity contribution in [2.75, 3.05) is 0 Å². The lowest BCUT2D eigenvalue weighted by atomic mass is 9.99. The van der Waals surface area contributed by atoms with E-state index in [4.69, 9.17) is 49.8 Å². The topological polar surface area (TPSA) is 180 Å². The van der Waals surface area contributed by atoms with Crippen LogP contribution in [0.1, 0.15) is 162 Å². The lowest BCUT2D eigenvalue weighted by molar-refractivity contribution is -0.119. The molecule has 0 aliphatic carbocycles. The summed E-state index contributed by atoms with van der Waals surface area (Å²) in [6.45, 7) is 23.7. The maximum atomic E-state index is 13.2. The largest absolute Gasteiger partial charge is 0.300 e. The van der Waals surface area contributed by atoms with Crippen molar-refractivity contribution >= 4 is 103 Å². The molecular weight excluding hydrogens is 1220 g/mol. The van der Waals surface area contributed by atoms with Crippen molar-refractivity contribution < 1.29 is 14.4 Å². The van der Waals surface area contributed by atoms with E-state index >= 15 is 0 Å². The van der Waals surface area contributed by atoms with Gasteiger partial charge in [0, 0.05) is 88.8 Å². The number of rotatable bonds is 11. The molecule has 13 rings (SSSR count). The molecule has 0 radical (unpaired) electrons. The standard InChI is InChI=1S/C27H25ClN4OS.2C20H19ClN4OS/c1-15-5-7-19(8-6-15)13-22(33)14-23-26-31-30-18(4)32(26)27-24(16(2)17(3)34-27)25(29-23)20-9-11-21(28)12-10-20;2*1-10(26)9-16-19-24-23-13(4)25(19)20-17(11(2)12(3)27-20)18(22-16)14-5-7-15(21)8-6-14/h5-12,23H,13-14H2,1-4H3;2*5-8,16H,9H2,1-4H3/t23-;2*16-/m010/s1. The minimum atomic E-state index is -0.427. The number of ketones is 3. The summed E-state index contributed by atoms with van der Waals surface area (Å²) >= 11 is 23.5. The Kier molecular flexibility index (Phi) is 17.9. The molecule has 15 nitrogen and oxygen atoms in total. The van der Waals surface area contributed by atoms with E-state index in [0.29, 0.717) is 51.8 Å². The first-order valence-corrected chi connectivity index (χ1v) is 32.3. The maximum Gasteiger partial charge on any atom is 0.163 e. The van der Waals surface area contributed by atoms with E-state index in [1.54, 1.807) is 47.9 Å². The first-order valence-electron chi connectivity index (χ1n) is 28.7. The Morgan fingerprint density at radius 2 is 0.705 bits per heavy atom. The third-order valence-electron chi connectivity index (χ3n) is 16.0. The van der Waals surface area contributed by atoms with E-state index < -0.39 is 6.04 Å². The molecule has 6 aromatic heterocycles. The van der Waals surface area contributed by atoms with Crippen LogP contribution in [0.2, 0.25) is 15.1 Å². The molecule has 3 aliphatic heterocycles. The molecule has 88 heavy (non-hydrogen) atoms. The highest BCUT2D eigenvalue weighted by molar-refractivity contribution is 7.15. The number of carbonyl (C=O) groups excluding carboxylic acids is 3. The highest BCUT2D eigenvalue weighted by atomic mass is 35.5. The summed E-state index contributed by atoms with van der Waals surface area (Å²) in [6, 6.07) is 30.0. The minimum absolute atomic E-state index is 0.0737.